The minimum absolute atomic E-state index is 0.0832. The van der Waals surface area contributed by atoms with Crippen molar-refractivity contribution in [2.75, 3.05) is 13.1 Å². The third-order valence-corrected chi connectivity index (χ3v) is 4.17. The van der Waals surface area contributed by atoms with Crippen molar-refractivity contribution >= 4 is 17.7 Å². The van der Waals surface area contributed by atoms with Gasteiger partial charge in [-0.25, -0.2) is 0 Å². The summed E-state index contributed by atoms with van der Waals surface area (Å²) in [7, 11) is 0. The second-order valence-electron chi connectivity index (χ2n) is 7.35. The van der Waals surface area contributed by atoms with Gasteiger partial charge in [-0.3, -0.25) is 14.4 Å². The van der Waals surface area contributed by atoms with Crippen LogP contribution in [0.4, 0.5) is 0 Å². The molecular formula is C17H32N4O3. The van der Waals surface area contributed by atoms with Crippen LogP contribution in [-0.2, 0) is 14.4 Å². The fourth-order valence-corrected chi connectivity index (χ4v) is 2.70. The van der Waals surface area contributed by atoms with E-state index in [1.807, 2.05) is 27.7 Å². The van der Waals surface area contributed by atoms with E-state index in [0.717, 1.165) is 6.42 Å². The highest BCUT2D eigenvalue weighted by Gasteiger charge is 2.38. The quantitative estimate of drug-likeness (QED) is 0.617. The molecule has 0 aromatic rings. The summed E-state index contributed by atoms with van der Waals surface area (Å²) in [4.78, 5) is 38.7. The minimum atomic E-state index is -0.678. The summed E-state index contributed by atoms with van der Waals surface area (Å²) in [5.74, 6) is -0.410. The molecule has 1 rings (SSSR count). The zero-order chi connectivity index (χ0) is 18.4. The number of nitrogens with zero attached hydrogens (tertiary/aromatic N) is 1. The van der Waals surface area contributed by atoms with Gasteiger partial charge in [0.1, 0.15) is 12.1 Å². The largest absolute Gasteiger partial charge is 0.354 e. The van der Waals surface area contributed by atoms with Crippen molar-refractivity contribution in [3.8, 4) is 0 Å². The Morgan fingerprint density at radius 3 is 2.29 bits per heavy atom. The van der Waals surface area contributed by atoms with Crippen LogP contribution in [0.15, 0.2) is 0 Å². The fraction of sp³-hybridized carbons (Fsp3) is 0.824. The molecule has 1 saturated heterocycles. The van der Waals surface area contributed by atoms with Crippen LogP contribution in [0.3, 0.4) is 0 Å². The highest BCUT2D eigenvalue weighted by Crippen LogP contribution is 2.20. The van der Waals surface area contributed by atoms with Crippen molar-refractivity contribution in [1.29, 1.82) is 0 Å². The summed E-state index contributed by atoms with van der Waals surface area (Å²) in [6.45, 7) is 10.5. The van der Waals surface area contributed by atoms with Gasteiger partial charge in [-0.1, -0.05) is 27.7 Å². The minimum Gasteiger partial charge on any atom is -0.354 e. The molecule has 3 atom stereocenters. The molecule has 0 aliphatic carbocycles. The first-order chi connectivity index (χ1) is 11.1. The summed E-state index contributed by atoms with van der Waals surface area (Å²) in [6.07, 6.45) is 1.44. The number of hydrogen-bond donors (Lipinski definition) is 3. The Kier molecular flexibility index (Phi) is 7.66. The summed E-state index contributed by atoms with van der Waals surface area (Å²) >= 11 is 0. The number of rotatable bonds is 7. The Morgan fingerprint density at radius 2 is 1.79 bits per heavy atom. The third-order valence-electron chi connectivity index (χ3n) is 4.17. The fourth-order valence-electron chi connectivity index (χ4n) is 2.70. The number of carbonyl (C=O) groups is 3. The molecule has 1 aliphatic heterocycles. The maximum absolute atomic E-state index is 12.9. The van der Waals surface area contributed by atoms with E-state index in [-0.39, 0.29) is 23.6 Å². The van der Waals surface area contributed by atoms with Crippen LogP contribution in [0.5, 0.6) is 0 Å². The van der Waals surface area contributed by atoms with E-state index in [1.54, 1.807) is 11.8 Å². The molecular weight excluding hydrogens is 308 g/mol. The molecule has 1 aliphatic rings. The average molecular weight is 340 g/mol. The molecule has 0 spiro atoms. The van der Waals surface area contributed by atoms with Crippen molar-refractivity contribution in [1.82, 2.24) is 15.5 Å². The van der Waals surface area contributed by atoms with Crippen molar-refractivity contribution in [3.63, 3.8) is 0 Å². The molecule has 0 aromatic carbocycles. The summed E-state index contributed by atoms with van der Waals surface area (Å²) < 4.78 is 0. The van der Waals surface area contributed by atoms with Gasteiger partial charge in [0.15, 0.2) is 0 Å². The smallest absolute Gasteiger partial charge is 0.246 e. The third kappa shape index (κ3) is 5.47. The Bertz CT molecular complexity index is 463. The van der Waals surface area contributed by atoms with E-state index in [9.17, 15) is 14.4 Å². The van der Waals surface area contributed by atoms with Gasteiger partial charge in [-0.15, -0.1) is 0 Å². The maximum Gasteiger partial charge on any atom is 0.246 e. The van der Waals surface area contributed by atoms with Gasteiger partial charge in [0, 0.05) is 13.1 Å². The Labute approximate surface area is 144 Å². The van der Waals surface area contributed by atoms with Crippen molar-refractivity contribution in [2.24, 2.45) is 17.6 Å². The van der Waals surface area contributed by atoms with Crippen LogP contribution >= 0.6 is 0 Å². The first kappa shape index (κ1) is 20.4. The number of nitrogens with two attached hydrogens (primary N) is 1. The predicted molar refractivity (Wildman–Crippen MR) is 93.0 cm³/mol. The van der Waals surface area contributed by atoms with Gasteiger partial charge < -0.3 is 21.3 Å². The van der Waals surface area contributed by atoms with Gasteiger partial charge in [0.05, 0.1) is 6.04 Å². The van der Waals surface area contributed by atoms with Crippen molar-refractivity contribution in [2.45, 2.75) is 65.6 Å². The first-order valence-corrected chi connectivity index (χ1v) is 8.79. The molecule has 138 valence electrons. The number of nitrogens with one attached hydrogen (secondary N) is 2. The number of likely N-dealkylation sites (tertiary alicyclic amines) is 1. The van der Waals surface area contributed by atoms with Gasteiger partial charge in [0.25, 0.3) is 0 Å². The highest BCUT2D eigenvalue weighted by atomic mass is 16.2. The Morgan fingerprint density at radius 1 is 1.17 bits per heavy atom. The van der Waals surface area contributed by atoms with Crippen LogP contribution in [0.1, 0.15) is 47.5 Å². The average Bonchev–Trinajstić information content (AvgIpc) is 2.98. The van der Waals surface area contributed by atoms with Gasteiger partial charge >= 0.3 is 0 Å². The lowest BCUT2D eigenvalue weighted by molar-refractivity contribution is -0.142. The molecule has 7 heteroatoms. The Balaban J connectivity index is 2.80. The predicted octanol–water partition coefficient (Wildman–Crippen LogP) is 0.238. The standard InChI is InChI=1S/C17H32N4O3/c1-10(2)9-19-16(23)13-7-6-8-21(13)17(24)14(11(3)4)20-15(22)12(5)18/h10-14H,6-9,18H2,1-5H3,(H,19,23)(H,20,22)/t12?,13?,14-/m0/s1. The first-order valence-electron chi connectivity index (χ1n) is 8.79. The molecule has 3 amide bonds. The van der Waals surface area contributed by atoms with Crippen molar-refractivity contribution < 1.29 is 14.4 Å². The molecule has 0 aromatic heterocycles. The van der Waals surface area contributed by atoms with E-state index in [4.69, 9.17) is 5.73 Å². The van der Waals surface area contributed by atoms with Gasteiger partial charge in [-0.05, 0) is 31.6 Å². The topological polar surface area (TPSA) is 105 Å². The van der Waals surface area contributed by atoms with Crippen LogP contribution in [-0.4, -0.2) is 53.8 Å². The number of amides is 3. The monoisotopic (exact) mass is 340 g/mol. The van der Waals surface area contributed by atoms with Crippen LogP contribution in [0.25, 0.3) is 0 Å². The molecule has 0 radical (unpaired) electrons. The van der Waals surface area contributed by atoms with Gasteiger partial charge in [0.2, 0.25) is 17.7 Å². The molecule has 4 N–H and O–H groups in total. The lowest BCUT2D eigenvalue weighted by Gasteiger charge is -2.31. The molecule has 0 saturated carbocycles. The number of hydrogen-bond acceptors (Lipinski definition) is 4. The van der Waals surface area contributed by atoms with Crippen molar-refractivity contribution in [3.05, 3.63) is 0 Å². The van der Waals surface area contributed by atoms with E-state index >= 15 is 0 Å². The zero-order valence-electron chi connectivity index (χ0n) is 15.5. The van der Waals surface area contributed by atoms with E-state index in [0.29, 0.717) is 25.4 Å². The maximum atomic E-state index is 12.9. The molecule has 1 heterocycles. The van der Waals surface area contributed by atoms with E-state index in [2.05, 4.69) is 10.6 Å². The highest BCUT2D eigenvalue weighted by molar-refractivity contribution is 5.93. The molecule has 7 nitrogen and oxygen atoms in total. The number of carbonyl (C=O) groups excluding carboxylic acids is 3. The van der Waals surface area contributed by atoms with Crippen LogP contribution < -0.4 is 16.4 Å². The van der Waals surface area contributed by atoms with Gasteiger partial charge in [-0.2, -0.15) is 0 Å². The van der Waals surface area contributed by atoms with E-state index in [1.165, 1.54) is 0 Å². The summed E-state index contributed by atoms with van der Waals surface area (Å²) in [6, 6.07) is -1.80. The van der Waals surface area contributed by atoms with E-state index < -0.39 is 18.1 Å². The summed E-state index contributed by atoms with van der Waals surface area (Å²) in [5.41, 5.74) is 5.58. The second kappa shape index (κ2) is 9.01. The normalized spacial score (nSPS) is 20.2. The van der Waals surface area contributed by atoms with Crippen LogP contribution in [0, 0.1) is 11.8 Å². The lowest BCUT2D eigenvalue weighted by atomic mass is 10.0. The SMILES string of the molecule is CC(C)CNC(=O)C1CCCN1C(=O)[C@@H](NC(=O)C(C)N)C(C)C. The van der Waals surface area contributed by atoms with Crippen LogP contribution in [0.2, 0.25) is 0 Å². The molecule has 0 bridgehead atoms. The molecule has 1 fully saturated rings. The zero-order valence-corrected chi connectivity index (χ0v) is 15.5. The lowest BCUT2D eigenvalue weighted by Crippen LogP contribution is -2.57. The second-order valence-corrected chi connectivity index (χ2v) is 7.35. The summed E-state index contributed by atoms with van der Waals surface area (Å²) in [5, 5.41) is 5.61. The Hall–Kier alpha value is -1.63. The molecule has 24 heavy (non-hydrogen) atoms. The molecule has 2 unspecified atom stereocenters.